The lowest BCUT2D eigenvalue weighted by Crippen LogP contribution is -2.54. The van der Waals surface area contributed by atoms with E-state index in [4.69, 9.17) is 21.4 Å². The number of hydrogen-bond donors (Lipinski definition) is 2. The van der Waals surface area contributed by atoms with Gasteiger partial charge in [-0.2, -0.15) is 0 Å². The molecule has 0 saturated carbocycles. The average Bonchev–Trinajstić information content (AvgIpc) is 3.20. The van der Waals surface area contributed by atoms with Gasteiger partial charge in [0.25, 0.3) is 11.8 Å². The van der Waals surface area contributed by atoms with E-state index in [9.17, 15) is 19.5 Å². The van der Waals surface area contributed by atoms with Crippen LogP contribution in [0.15, 0.2) is 46.4 Å². The van der Waals surface area contributed by atoms with Crippen LogP contribution in [-0.4, -0.2) is 54.3 Å². The zero-order valence-electron chi connectivity index (χ0n) is 15.7. The van der Waals surface area contributed by atoms with Crippen molar-refractivity contribution >= 4 is 52.8 Å². The molecule has 2 aliphatic heterocycles. The lowest BCUT2D eigenvalue weighted by molar-refractivity contribution is -0.122. The molecule has 0 spiro atoms. The van der Waals surface area contributed by atoms with Crippen LogP contribution in [0.25, 0.3) is 6.08 Å². The van der Waals surface area contributed by atoms with Gasteiger partial charge in [-0.05, 0) is 42.6 Å². The van der Waals surface area contributed by atoms with Crippen molar-refractivity contribution in [1.29, 1.82) is 0 Å². The van der Waals surface area contributed by atoms with Gasteiger partial charge in [-0.3, -0.25) is 19.8 Å². The van der Waals surface area contributed by atoms with E-state index in [1.54, 1.807) is 12.1 Å². The second-order valence-corrected chi connectivity index (χ2v) is 6.98. The molecule has 154 valence electrons. The standard InChI is InChI=1S/C20H17N3O6S/c24-17-15(11-14-4-5-16(29-14)22-6-8-28-9-7-22)18(25)23(20(30)21-17)13-3-1-2-12(10-13)19(26)27/h1-5,10-11H,6-9H2,(H,26,27)(H,21,24,30). The van der Waals surface area contributed by atoms with Gasteiger partial charge >= 0.3 is 5.97 Å². The number of anilines is 2. The van der Waals surface area contributed by atoms with E-state index in [1.165, 1.54) is 30.3 Å². The first-order valence-electron chi connectivity index (χ1n) is 9.11. The number of morpholine rings is 1. The van der Waals surface area contributed by atoms with Gasteiger partial charge in [-0.25, -0.2) is 4.79 Å². The van der Waals surface area contributed by atoms with Crippen LogP contribution in [0, 0.1) is 0 Å². The molecule has 10 heteroatoms. The van der Waals surface area contributed by atoms with Crippen molar-refractivity contribution in [3.63, 3.8) is 0 Å². The van der Waals surface area contributed by atoms with Crippen molar-refractivity contribution < 1.29 is 28.6 Å². The first kappa shape index (κ1) is 19.8. The number of hydrogen-bond acceptors (Lipinski definition) is 7. The maximum absolute atomic E-state index is 13.0. The minimum Gasteiger partial charge on any atom is -0.478 e. The quantitative estimate of drug-likeness (QED) is 0.430. The number of ether oxygens (including phenoxy) is 1. The summed E-state index contributed by atoms with van der Waals surface area (Å²) in [5.74, 6) is -1.51. The van der Waals surface area contributed by atoms with Gasteiger partial charge in [-0.15, -0.1) is 0 Å². The van der Waals surface area contributed by atoms with Crippen LogP contribution >= 0.6 is 12.2 Å². The van der Waals surface area contributed by atoms with Gasteiger partial charge in [0, 0.05) is 19.2 Å². The summed E-state index contributed by atoms with van der Waals surface area (Å²) in [4.78, 5) is 39.8. The summed E-state index contributed by atoms with van der Waals surface area (Å²) < 4.78 is 11.1. The molecule has 2 fully saturated rings. The summed E-state index contributed by atoms with van der Waals surface area (Å²) in [6.07, 6.45) is 1.34. The van der Waals surface area contributed by atoms with Crippen molar-refractivity contribution in [2.45, 2.75) is 0 Å². The summed E-state index contributed by atoms with van der Waals surface area (Å²) in [6.45, 7) is 2.56. The fourth-order valence-electron chi connectivity index (χ4n) is 3.19. The number of carboxylic acids is 1. The fraction of sp³-hybridized carbons (Fsp3) is 0.200. The normalized spacial score (nSPS) is 18.7. The van der Waals surface area contributed by atoms with E-state index < -0.39 is 17.8 Å². The number of nitrogens with zero attached hydrogens (tertiary/aromatic N) is 2. The molecule has 1 aromatic carbocycles. The van der Waals surface area contributed by atoms with Crippen LogP contribution in [-0.2, 0) is 14.3 Å². The van der Waals surface area contributed by atoms with Gasteiger partial charge in [0.2, 0.25) is 0 Å². The van der Waals surface area contributed by atoms with Gasteiger partial charge in [0.05, 0.1) is 24.5 Å². The predicted octanol–water partition coefficient (Wildman–Crippen LogP) is 1.65. The van der Waals surface area contributed by atoms with E-state index in [1.807, 2.05) is 4.90 Å². The lowest BCUT2D eigenvalue weighted by atomic mass is 10.1. The van der Waals surface area contributed by atoms with E-state index in [0.717, 1.165) is 4.90 Å². The molecule has 30 heavy (non-hydrogen) atoms. The zero-order chi connectivity index (χ0) is 21.3. The predicted molar refractivity (Wildman–Crippen MR) is 111 cm³/mol. The molecule has 0 unspecified atom stereocenters. The van der Waals surface area contributed by atoms with Crippen LogP contribution in [0.1, 0.15) is 16.1 Å². The Hall–Kier alpha value is -3.50. The van der Waals surface area contributed by atoms with Crippen molar-refractivity contribution in [3.8, 4) is 0 Å². The number of carbonyl (C=O) groups is 3. The van der Waals surface area contributed by atoms with Crippen LogP contribution in [0.2, 0.25) is 0 Å². The molecule has 0 radical (unpaired) electrons. The van der Waals surface area contributed by atoms with Crippen LogP contribution in [0.3, 0.4) is 0 Å². The van der Waals surface area contributed by atoms with Crippen LogP contribution in [0.5, 0.6) is 0 Å². The third-order valence-electron chi connectivity index (χ3n) is 4.67. The van der Waals surface area contributed by atoms with Crippen molar-refractivity contribution in [3.05, 3.63) is 53.3 Å². The van der Waals surface area contributed by atoms with E-state index in [2.05, 4.69) is 5.32 Å². The number of carboxylic acid groups (broad SMARTS) is 1. The number of carbonyl (C=O) groups excluding carboxylic acids is 2. The van der Waals surface area contributed by atoms with Gasteiger partial charge in [-0.1, -0.05) is 6.07 Å². The Labute approximate surface area is 176 Å². The molecule has 0 atom stereocenters. The Bertz CT molecular complexity index is 1070. The maximum atomic E-state index is 13.0. The molecule has 2 aromatic rings. The molecule has 4 rings (SSSR count). The Morgan fingerprint density at radius 3 is 2.67 bits per heavy atom. The minimum absolute atomic E-state index is 0.00767. The number of thiocarbonyl (C=S) groups is 1. The highest BCUT2D eigenvalue weighted by molar-refractivity contribution is 7.80. The average molecular weight is 427 g/mol. The molecule has 2 saturated heterocycles. The van der Waals surface area contributed by atoms with Crippen LogP contribution in [0.4, 0.5) is 11.6 Å². The Morgan fingerprint density at radius 2 is 1.93 bits per heavy atom. The van der Waals surface area contributed by atoms with Crippen molar-refractivity contribution in [2.75, 3.05) is 36.1 Å². The molecule has 2 aliphatic rings. The summed E-state index contributed by atoms with van der Waals surface area (Å²) in [7, 11) is 0. The molecule has 0 bridgehead atoms. The third kappa shape index (κ3) is 3.82. The smallest absolute Gasteiger partial charge is 0.335 e. The van der Waals surface area contributed by atoms with Gasteiger partial charge in [0.15, 0.2) is 11.0 Å². The molecule has 0 aliphatic carbocycles. The Morgan fingerprint density at radius 1 is 1.17 bits per heavy atom. The minimum atomic E-state index is -1.14. The highest BCUT2D eigenvalue weighted by Gasteiger charge is 2.35. The number of furan rings is 1. The molecule has 1 aromatic heterocycles. The van der Waals surface area contributed by atoms with Gasteiger partial charge in [0.1, 0.15) is 11.3 Å². The monoisotopic (exact) mass is 427 g/mol. The summed E-state index contributed by atoms with van der Waals surface area (Å²) >= 11 is 5.14. The maximum Gasteiger partial charge on any atom is 0.335 e. The number of aromatic carboxylic acids is 1. The summed E-state index contributed by atoms with van der Waals surface area (Å²) in [6, 6.07) is 9.17. The number of nitrogens with one attached hydrogen (secondary N) is 1. The molecular weight excluding hydrogens is 410 g/mol. The largest absolute Gasteiger partial charge is 0.478 e. The summed E-state index contributed by atoms with van der Waals surface area (Å²) in [5.41, 5.74) is 0.0585. The first-order valence-corrected chi connectivity index (χ1v) is 9.52. The number of rotatable bonds is 4. The topological polar surface area (TPSA) is 112 Å². The highest BCUT2D eigenvalue weighted by atomic mass is 32.1. The third-order valence-corrected chi connectivity index (χ3v) is 4.96. The Kier molecular flexibility index (Phi) is 5.34. The lowest BCUT2D eigenvalue weighted by Gasteiger charge is -2.29. The number of benzene rings is 1. The second kappa shape index (κ2) is 8.09. The SMILES string of the molecule is O=C1NC(=S)N(c2cccc(C(=O)O)c2)C(=O)C1=Cc1ccc(N2CCOCC2)o1. The Balaban J connectivity index is 1.63. The van der Waals surface area contributed by atoms with Gasteiger partial charge < -0.3 is 19.2 Å². The first-order chi connectivity index (χ1) is 14.4. The molecule has 9 nitrogen and oxygen atoms in total. The molecular formula is C20H17N3O6S. The molecule has 2 N–H and O–H groups in total. The molecule has 3 heterocycles. The van der Waals surface area contributed by atoms with E-state index >= 15 is 0 Å². The fourth-order valence-corrected chi connectivity index (χ4v) is 3.47. The van der Waals surface area contributed by atoms with Crippen molar-refractivity contribution in [2.24, 2.45) is 0 Å². The number of amides is 2. The van der Waals surface area contributed by atoms with E-state index in [-0.39, 0.29) is 21.9 Å². The second-order valence-electron chi connectivity index (χ2n) is 6.59. The molecule has 2 amide bonds. The van der Waals surface area contributed by atoms with E-state index in [0.29, 0.717) is 37.9 Å². The van der Waals surface area contributed by atoms with Crippen LogP contribution < -0.4 is 15.1 Å². The van der Waals surface area contributed by atoms with Crippen molar-refractivity contribution in [1.82, 2.24) is 5.32 Å². The highest BCUT2D eigenvalue weighted by Crippen LogP contribution is 2.25. The summed E-state index contributed by atoms with van der Waals surface area (Å²) in [5, 5.41) is 11.5. The zero-order valence-corrected chi connectivity index (χ0v) is 16.5.